The van der Waals surface area contributed by atoms with Gasteiger partial charge in [0.25, 0.3) is 5.91 Å². The minimum atomic E-state index is -4.67. The number of rotatable bonds is 4. The van der Waals surface area contributed by atoms with E-state index < -0.39 is 36.7 Å². The summed E-state index contributed by atoms with van der Waals surface area (Å²) in [7, 11) is 1.44. The van der Waals surface area contributed by atoms with Crippen LogP contribution in [-0.2, 0) is 9.53 Å². The molecular weight excluding hydrogens is 439 g/mol. The Bertz CT molecular complexity index is 1020. The third kappa shape index (κ3) is 5.17. The quantitative estimate of drug-likeness (QED) is 0.562. The highest BCUT2D eigenvalue weighted by Gasteiger charge is 2.46. The number of hydrogen-bond acceptors (Lipinski definition) is 6. The lowest BCUT2D eigenvalue weighted by molar-refractivity contribution is -0.253. The molecule has 31 heavy (non-hydrogen) atoms. The molecule has 0 radical (unpaired) electrons. The van der Waals surface area contributed by atoms with E-state index in [9.17, 15) is 22.8 Å². The monoisotopic (exact) mass is 455 g/mol. The minimum Gasteiger partial charge on any atom is -0.357 e. The van der Waals surface area contributed by atoms with Crippen molar-refractivity contribution in [2.45, 2.75) is 18.4 Å². The van der Waals surface area contributed by atoms with Crippen molar-refractivity contribution >= 4 is 23.4 Å². The highest BCUT2D eigenvalue weighted by Crippen LogP contribution is 2.35. The van der Waals surface area contributed by atoms with E-state index in [0.717, 1.165) is 17.3 Å². The molecule has 1 aliphatic rings. The largest absolute Gasteiger partial charge is 0.416 e. The first kappa shape index (κ1) is 22.6. The minimum absolute atomic E-state index is 0.0214. The Kier molecular flexibility index (Phi) is 6.56. The Balaban J connectivity index is 1.99. The van der Waals surface area contributed by atoms with E-state index in [1.807, 2.05) is 0 Å². The summed E-state index contributed by atoms with van der Waals surface area (Å²) < 4.78 is 45.3. The maximum atomic E-state index is 13.4. The van der Waals surface area contributed by atoms with E-state index in [1.165, 1.54) is 25.2 Å². The van der Waals surface area contributed by atoms with E-state index in [4.69, 9.17) is 16.3 Å². The lowest BCUT2D eigenvalue weighted by Crippen LogP contribution is -2.51. The van der Waals surface area contributed by atoms with Gasteiger partial charge in [-0.05, 0) is 29.8 Å². The number of carbonyl (C=O) groups is 2. The van der Waals surface area contributed by atoms with Gasteiger partial charge in [-0.1, -0.05) is 18.2 Å². The van der Waals surface area contributed by atoms with Gasteiger partial charge in [0.2, 0.25) is 5.91 Å². The molecule has 0 spiro atoms. The van der Waals surface area contributed by atoms with E-state index >= 15 is 0 Å². The second-order valence-electron chi connectivity index (χ2n) is 6.58. The molecule has 2 atom stereocenters. The molecule has 1 aliphatic heterocycles. The highest BCUT2D eigenvalue weighted by molar-refractivity contribution is 6.29. The molecule has 1 saturated heterocycles. The average molecular weight is 456 g/mol. The fraction of sp³-hybridized carbons (Fsp3) is 0.316. The first-order valence-corrected chi connectivity index (χ1v) is 9.35. The number of aromatic nitrogens is 3. The van der Waals surface area contributed by atoms with Crippen LogP contribution in [0, 0.1) is 0 Å². The van der Waals surface area contributed by atoms with Crippen LogP contribution in [-0.4, -0.2) is 64.1 Å². The second kappa shape index (κ2) is 8.98. The Morgan fingerprint density at radius 1 is 1.26 bits per heavy atom. The molecule has 0 bridgehead atoms. The van der Waals surface area contributed by atoms with Crippen molar-refractivity contribution in [3.8, 4) is 11.4 Å². The Labute approximate surface area is 180 Å². The van der Waals surface area contributed by atoms with Crippen LogP contribution >= 0.6 is 11.6 Å². The molecule has 0 saturated carbocycles. The number of halogens is 4. The van der Waals surface area contributed by atoms with E-state index in [1.54, 1.807) is 0 Å². The zero-order valence-corrected chi connectivity index (χ0v) is 16.9. The predicted molar refractivity (Wildman–Crippen MR) is 104 cm³/mol. The molecule has 2 amide bonds. The van der Waals surface area contributed by atoms with Gasteiger partial charge >= 0.3 is 6.18 Å². The number of hydrogen-bond donors (Lipinski definition) is 1. The molecule has 0 aliphatic carbocycles. The van der Waals surface area contributed by atoms with Crippen LogP contribution in [0.5, 0.6) is 0 Å². The standard InChI is InChI=1S/C19H17ClF3N5O3/c1-3-17(29)28-7-14(31-15(8-28)19(21,22)23)10-4-12(27-16(20)5-10)11-6-13(18(30)24-2)26-9-25-11/h3-6,9,14-15H,1,7-8H2,2H3,(H,24,30)/t14-,15-/m1/s1. The molecule has 12 heteroatoms. The maximum absolute atomic E-state index is 13.4. The average Bonchev–Trinajstić information content (AvgIpc) is 2.76. The van der Waals surface area contributed by atoms with Crippen LogP contribution in [0.15, 0.2) is 37.2 Å². The van der Waals surface area contributed by atoms with Crippen molar-refractivity contribution in [3.05, 3.63) is 53.6 Å². The summed E-state index contributed by atoms with van der Waals surface area (Å²) in [5.74, 6) is -1.10. The molecular formula is C19H17ClF3N5O3. The number of morpholine rings is 1. The predicted octanol–water partition coefficient (Wildman–Crippen LogP) is 2.57. The molecule has 2 aromatic rings. The topological polar surface area (TPSA) is 97.3 Å². The van der Waals surface area contributed by atoms with Crippen molar-refractivity contribution in [1.82, 2.24) is 25.2 Å². The van der Waals surface area contributed by atoms with Crippen molar-refractivity contribution in [3.63, 3.8) is 0 Å². The molecule has 2 aromatic heterocycles. The fourth-order valence-electron chi connectivity index (χ4n) is 3.02. The van der Waals surface area contributed by atoms with E-state index in [2.05, 4.69) is 26.8 Å². The van der Waals surface area contributed by atoms with Gasteiger partial charge in [0.05, 0.1) is 24.5 Å². The molecule has 0 aromatic carbocycles. The molecule has 0 unspecified atom stereocenters. The van der Waals surface area contributed by atoms with Crippen molar-refractivity contribution in [1.29, 1.82) is 0 Å². The van der Waals surface area contributed by atoms with Gasteiger partial charge in [-0.3, -0.25) is 9.59 Å². The smallest absolute Gasteiger partial charge is 0.357 e. The fourth-order valence-corrected chi connectivity index (χ4v) is 3.23. The summed E-state index contributed by atoms with van der Waals surface area (Å²) in [6.07, 6.45) is -5.87. The normalized spacial score (nSPS) is 19.1. The number of pyridine rings is 1. The SMILES string of the molecule is C=CC(=O)N1C[C@H](c2cc(Cl)nc(-c3cc(C(=O)NC)ncn3)c2)O[C@@H](C(F)(F)F)C1. The van der Waals surface area contributed by atoms with Gasteiger partial charge in [-0.2, -0.15) is 13.2 Å². The van der Waals surface area contributed by atoms with Crippen LogP contribution in [0.25, 0.3) is 11.4 Å². The summed E-state index contributed by atoms with van der Waals surface area (Å²) in [5, 5.41) is 2.41. The van der Waals surface area contributed by atoms with Crippen LogP contribution in [0.1, 0.15) is 22.2 Å². The number of ether oxygens (including phenoxy) is 1. The van der Waals surface area contributed by atoms with Gasteiger partial charge in [-0.15, -0.1) is 0 Å². The first-order chi connectivity index (χ1) is 14.6. The van der Waals surface area contributed by atoms with Gasteiger partial charge < -0.3 is 15.0 Å². The summed E-state index contributed by atoms with van der Waals surface area (Å²) in [6, 6.07) is 4.17. The third-order valence-corrected chi connectivity index (χ3v) is 4.72. The van der Waals surface area contributed by atoms with E-state index in [0.29, 0.717) is 0 Å². The van der Waals surface area contributed by atoms with Gasteiger partial charge in [0, 0.05) is 7.05 Å². The van der Waals surface area contributed by atoms with Gasteiger partial charge in [0.1, 0.15) is 23.3 Å². The van der Waals surface area contributed by atoms with Crippen molar-refractivity contribution < 1.29 is 27.5 Å². The van der Waals surface area contributed by atoms with Crippen LogP contribution in [0.2, 0.25) is 5.15 Å². The summed E-state index contributed by atoms with van der Waals surface area (Å²) in [5.41, 5.74) is 0.782. The van der Waals surface area contributed by atoms with Gasteiger partial charge in [0.15, 0.2) is 6.10 Å². The zero-order chi connectivity index (χ0) is 22.8. The molecule has 164 valence electrons. The Hall–Kier alpha value is -3.05. The molecule has 1 N–H and O–H groups in total. The number of nitrogens with zero attached hydrogens (tertiary/aromatic N) is 4. The molecule has 8 nitrogen and oxygen atoms in total. The van der Waals surface area contributed by atoms with Gasteiger partial charge in [-0.25, -0.2) is 15.0 Å². The Morgan fingerprint density at radius 3 is 2.65 bits per heavy atom. The third-order valence-electron chi connectivity index (χ3n) is 4.53. The van der Waals surface area contributed by atoms with E-state index in [-0.39, 0.29) is 34.3 Å². The zero-order valence-electron chi connectivity index (χ0n) is 16.2. The van der Waals surface area contributed by atoms with Crippen molar-refractivity contribution in [2.24, 2.45) is 0 Å². The van der Waals surface area contributed by atoms with Crippen LogP contribution in [0.3, 0.4) is 0 Å². The maximum Gasteiger partial charge on any atom is 0.416 e. The number of nitrogens with one attached hydrogen (secondary N) is 1. The summed E-state index contributed by atoms with van der Waals surface area (Å²) in [4.78, 5) is 36.9. The number of amides is 2. The number of alkyl halides is 3. The van der Waals surface area contributed by atoms with Crippen LogP contribution in [0.4, 0.5) is 13.2 Å². The lowest BCUT2D eigenvalue weighted by atomic mass is 10.0. The number of carbonyl (C=O) groups excluding carboxylic acids is 2. The molecule has 1 fully saturated rings. The second-order valence-corrected chi connectivity index (χ2v) is 6.97. The summed E-state index contributed by atoms with van der Waals surface area (Å²) >= 11 is 6.09. The Morgan fingerprint density at radius 2 is 2.00 bits per heavy atom. The first-order valence-electron chi connectivity index (χ1n) is 8.98. The lowest BCUT2D eigenvalue weighted by Gasteiger charge is -2.38. The molecule has 3 rings (SSSR count). The highest BCUT2D eigenvalue weighted by atomic mass is 35.5. The summed E-state index contributed by atoms with van der Waals surface area (Å²) in [6.45, 7) is 2.55. The molecule has 3 heterocycles. The van der Waals surface area contributed by atoms with Crippen LogP contribution < -0.4 is 5.32 Å². The van der Waals surface area contributed by atoms with Crippen molar-refractivity contribution in [2.75, 3.05) is 20.1 Å².